The van der Waals surface area contributed by atoms with Crippen molar-refractivity contribution < 1.29 is 14.2 Å². The van der Waals surface area contributed by atoms with Gasteiger partial charge >= 0.3 is 0 Å². The van der Waals surface area contributed by atoms with E-state index in [9.17, 15) is 0 Å². The molecule has 0 amide bonds. The van der Waals surface area contributed by atoms with Crippen molar-refractivity contribution in [2.75, 3.05) is 33.2 Å². The van der Waals surface area contributed by atoms with E-state index in [-0.39, 0.29) is 0 Å². The van der Waals surface area contributed by atoms with E-state index in [0.29, 0.717) is 23.1 Å². The van der Waals surface area contributed by atoms with Crippen molar-refractivity contribution >= 4 is 27.4 Å². The second kappa shape index (κ2) is 7.78. The maximum Gasteiger partial charge on any atom is 0.203 e. The van der Waals surface area contributed by atoms with Gasteiger partial charge in [-0.1, -0.05) is 6.92 Å². The van der Waals surface area contributed by atoms with Gasteiger partial charge in [-0.05, 0) is 36.4 Å². The number of anilines is 1. The topological polar surface area (TPSA) is 65.5 Å². The Morgan fingerprint density at radius 1 is 1.04 bits per heavy atom. The zero-order valence-electron chi connectivity index (χ0n) is 15.7. The molecule has 3 aromatic rings. The summed E-state index contributed by atoms with van der Waals surface area (Å²) in [7, 11) is 4.79. The second-order valence-corrected chi connectivity index (χ2v) is 6.69. The predicted molar refractivity (Wildman–Crippen MR) is 106 cm³/mol. The van der Waals surface area contributed by atoms with Crippen molar-refractivity contribution in [1.82, 2.24) is 9.97 Å². The number of rotatable bonds is 7. The number of ether oxygens (including phenoxy) is 3. The highest BCUT2D eigenvalue weighted by Gasteiger charge is 2.18. The van der Waals surface area contributed by atoms with Crippen LogP contribution in [0.4, 0.5) is 5.82 Å². The number of thiophene rings is 1. The molecule has 7 heteroatoms. The van der Waals surface area contributed by atoms with Gasteiger partial charge in [0.1, 0.15) is 10.6 Å². The van der Waals surface area contributed by atoms with Crippen LogP contribution in [0.15, 0.2) is 17.5 Å². The second-order valence-electron chi connectivity index (χ2n) is 5.84. The fourth-order valence-electron chi connectivity index (χ4n) is 2.79. The van der Waals surface area contributed by atoms with Gasteiger partial charge < -0.3 is 19.5 Å². The third-order valence-corrected chi connectivity index (χ3v) is 5.07. The molecule has 0 atom stereocenters. The highest BCUT2D eigenvalue weighted by atomic mass is 32.1. The number of aromatic nitrogens is 2. The molecule has 0 saturated carbocycles. The SMILES string of the molecule is CCCNc1nc(-c2cc(OC)c(OC)c(OC)c2)nc2scc(C)c12. The first-order valence-corrected chi connectivity index (χ1v) is 9.31. The first-order valence-electron chi connectivity index (χ1n) is 8.43. The summed E-state index contributed by atoms with van der Waals surface area (Å²) in [5.74, 6) is 3.19. The van der Waals surface area contributed by atoms with Crippen molar-refractivity contribution in [3.63, 3.8) is 0 Å². The van der Waals surface area contributed by atoms with Crippen molar-refractivity contribution in [2.24, 2.45) is 0 Å². The number of hydrogen-bond donors (Lipinski definition) is 1. The summed E-state index contributed by atoms with van der Waals surface area (Å²) in [5.41, 5.74) is 1.99. The summed E-state index contributed by atoms with van der Waals surface area (Å²) in [6.45, 7) is 5.07. The van der Waals surface area contributed by atoms with Gasteiger partial charge in [-0.15, -0.1) is 11.3 Å². The van der Waals surface area contributed by atoms with Crippen molar-refractivity contribution in [2.45, 2.75) is 20.3 Å². The minimum Gasteiger partial charge on any atom is -0.493 e. The van der Waals surface area contributed by atoms with E-state index in [4.69, 9.17) is 24.2 Å². The lowest BCUT2D eigenvalue weighted by atomic mass is 10.1. The van der Waals surface area contributed by atoms with E-state index in [1.165, 1.54) is 5.56 Å². The Morgan fingerprint density at radius 3 is 2.31 bits per heavy atom. The van der Waals surface area contributed by atoms with E-state index in [2.05, 4.69) is 24.5 Å². The Hall–Kier alpha value is -2.54. The van der Waals surface area contributed by atoms with Crippen molar-refractivity contribution in [3.8, 4) is 28.6 Å². The molecule has 1 aromatic carbocycles. The van der Waals surface area contributed by atoms with Crippen LogP contribution in [0.3, 0.4) is 0 Å². The Kier molecular flexibility index (Phi) is 5.46. The highest BCUT2D eigenvalue weighted by molar-refractivity contribution is 7.17. The normalized spacial score (nSPS) is 10.8. The van der Waals surface area contributed by atoms with Crippen LogP contribution in [0.25, 0.3) is 21.6 Å². The molecule has 1 N–H and O–H groups in total. The van der Waals surface area contributed by atoms with Gasteiger partial charge in [-0.3, -0.25) is 0 Å². The molecule has 2 aromatic heterocycles. The van der Waals surface area contributed by atoms with Crippen LogP contribution in [0.2, 0.25) is 0 Å². The van der Waals surface area contributed by atoms with Gasteiger partial charge in [0.05, 0.1) is 26.7 Å². The molecule has 2 heterocycles. The van der Waals surface area contributed by atoms with Crippen LogP contribution in [-0.4, -0.2) is 37.8 Å². The monoisotopic (exact) mass is 373 g/mol. The fraction of sp³-hybridized carbons (Fsp3) is 0.368. The van der Waals surface area contributed by atoms with E-state index in [0.717, 1.165) is 34.6 Å². The average Bonchev–Trinajstić information content (AvgIpc) is 3.05. The zero-order valence-corrected chi connectivity index (χ0v) is 16.5. The molecule has 0 aliphatic heterocycles. The number of hydrogen-bond acceptors (Lipinski definition) is 7. The molecule has 0 spiro atoms. The van der Waals surface area contributed by atoms with Gasteiger partial charge in [0.2, 0.25) is 5.75 Å². The van der Waals surface area contributed by atoms with E-state index < -0.39 is 0 Å². The molecular formula is C19H23N3O3S. The summed E-state index contributed by atoms with van der Waals surface area (Å²) < 4.78 is 16.3. The zero-order chi connectivity index (χ0) is 18.7. The van der Waals surface area contributed by atoms with Crippen LogP contribution < -0.4 is 19.5 Å². The summed E-state index contributed by atoms with van der Waals surface area (Å²) >= 11 is 1.62. The summed E-state index contributed by atoms with van der Waals surface area (Å²) in [5, 5.41) is 6.61. The Morgan fingerprint density at radius 2 is 1.73 bits per heavy atom. The average molecular weight is 373 g/mol. The molecule has 26 heavy (non-hydrogen) atoms. The standard InChI is InChI=1S/C19H23N3O3S/c1-6-7-20-18-15-11(2)10-26-19(15)22-17(21-18)12-8-13(23-3)16(25-5)14(9-12)24-4/h8-10H,6-7H2,1-5H3,(H,20,21,22). The smallest absolute Gasteiger partial charge is 0.203 e. The molecule has 6 nitrogen and oxygen atoms in total. The van der Waals surface area contributed by atoms with Crippen LogP contribution >= 0.6 is 11.3 Å². The van der Waals surface area contributed by atoms with Crippen LogP contribution in [-0.2, 0) is 0 Å². The Bertz CT molecular complexity index is 899. The first kappa shape index (κ1) is 18.3. The quantitative estimate of drug-likeness (QED) is 0.657. The maximum atomic E-state index is 5.45. The number of nitrogens with zero attached hydrogens (tertiary/aromatic N) is 2. The van der Waals surface area contributed by atoms with E-state index in [1.54, 1.807) is 32.7 Å². The summed E-state index contributed by atoms with van der Waals surface area (Å²) in [4.78, 5) is 10.5. The first-order chi connectivity index (χ1) is 12.6. The van der Waals surface area contributed by atoms with Gasteiger partial charge in [0.25, 0.3) is 0 Å². The van der Waals surface area contributed by atoms with Crippen LogP contribution in [0.1, 0.15) is 18.9 Å². The van der Waals surface area contributed by atoms with Gasteiger partial charge in [-0.2, -0.15) is 0 Å². The number of aryl methyl sites for hydroxylation is 1. The minimum absolute atomic E-state index is 0.552. The Balaban J connectivity index is 2.18. The fourth-order valence-corrected chi connectivity index (χ4v) is 3.72. The van der Waals surface area contributed by atoms with Gasteiger partial charge in [0.15, 0.2) is 17.3 Å². The van der Waals surface area contributed by atoms with Gasteiger partial charge in [0, 0.05) is 12.1 Å². The third-order valence-electron chi connectivity index (χ3n) is 4.08. The molecule has 0 unspecified atom stereocenters. The lowest BCUT2D eigenvalue weighted by Crippen LogP contribution is -2.05. The van der Waals surface area contributed by atoms with Crippen molar-refractivity contribution in [3.05, 3.63) is 23.1 Å². The van der Waals surface area contributed by atoms with Crippen LogP contribution in [0.5, 0.6) is 17.2 Å². The van der Waals surface area contributed by atoms with Gasteiger partial charge in [-0.25, -0.2) is 9.97 Å². The minimum atomic E-state index is 0.552. The Labute approximate surface area is 157 Å². The molecule has 0 bridgehead atoms. The molecular weight excluding hydrogens is 350 g/mol. The molecule has 3 rings (SSSR count). The molecule has 0 fully saturated rings. The number of fused-ring (bicyclic) bond motifs is 1. The molecule has 0 radical (unpaired) electrons. The molecule has 138 valence electrons. The molecule has 0 aliphatic rings. The lowest BCUT2D eigenvalue weighted by molar-refractivity contribution is 0.324. The largest absolute Gasteiger partial charge is 0.493 e. The lowest BCUT2D eigenvalue weighted by Gasteiger charge is -2.14. The maximum absolute atomic E-state index is 5.45. The summed E-state index contributed by atoms with van der Waals surface area (Å²) in [6.07, 6.45) is 1.02. The molecule has 0 saturated heterocycles. The molecule has 0 aliphatic carbocycles. The number of nitrogens with one attached hydrogen (secondary N) is 1. The van der Waals surface area contributed by atoms with Crippen molar-refractivity contribution in [1.29, 1.82) is 0 Å². The third kappa shape index (κ3) is 3.26. The summed E-state index contributed by atoms with van der Waals surface area (Å²) in [6, 6.07) is 3.74. The number of benzene rings is 1. The van der Waals surface area contributed by atoms with E-state index in [1.807, 2.05) is 12.1 Å². The van der Waals surface area contributed by atoms with E-state index >= 15 is 0 Å². The van der Waals surface area contributed by atoms with Crippen LogP contribution in [0, 0.1) is 6.92 Å². The number of methoxy groups -OCH3 is 3. The highest BCUT2D eigenvalue weighted by Crippen LogP contribution is 2.41. The predicted octanol–water partition coefficient (Wildman–Crippen LogP) is 4.51.